The molecule has 150 valence electrons. The summed E-state index contributed by atoms with van der Waals surface area (Å²) in [7, 11) is -3.26. The van der Waals surface area contributed by atoms with Gasteiger partial charge in [-0.15, -0.1) is 0 Å². The fourth-order valence-corrected chi connectivity index (χ4v) is 4.98. The van der Waals surface area contributed by atoms with Gasteiger partial charge in [-0.2, -0.15) is 0 Å². The molecular formula is C21H21BrN4O2S. The van der Waals surface area contributed by atoms with Crippen LogP contribution in [0.1, 0.15) is 18.1 Å². The Kier molecular flexibility index (Phi) is 5.31. The smallest absolute Gasteiger partial charge is 0.178 e. The predicted octanol–water partition coefficient (Wildman–Crippen LogP) is 4.78. The number of fused-ring (bicyclic) bond motifs is 1. The molecule has 0 unspecified atom stereocenters. The number of anilines is 4. The Labute approximate surface area is 179 Å². The summed E-state index contributed by atoms with van der Waals surface area (Å²) in [5, 5.41) is 3.31. The highest BCUT2D eigenvalue weighted by Gasteiger charge is 2.24. The first kappa shape index (κ1) is 19.8. The van der Waals surface area contributed by atoms with Crippen LogP contribution in [0.3, 0.4) is 0 Å². The number of halogens is 1. The molecular weight excluding hydrogens is 452 g/mol. The Morgan fingerprint density at radius 1 is 1.14 bits per heavy atom. The third kappa shape index (κ3) is 4.13. The van der Waals surface area contributed by atoms with E-state index in [-0.39, 0.29) is 5.75 Å². The molecule has 4 rings (SSSR count). The average Bonchev–Trinajstić information content (AvgIpc) is 3.10. The van der Waals surface area contributed by atoms with Crippen molar-refractivity contribution in [1.29, 1.82) is 0 Å². The van der Waals surface area contributed by atoms with E-state index < -0.39 is 9.84 Å². The van der Waals surface area contributed by atoms with E-state index in [4.69, 9.17) is 0 Å². The monoisotopic (exact) mass is 472 g/mol. The molecule has 1 aliphatic heterocycles. The number of nitrogens with zero attached hydrogens (tertiary/aromatic N) is 3. The average molecular weight is 473 g/mol. The van der Waals surface area contributed by atoms with Crippen LogP contribution in [0.4, 0.5) is 23.0 Å². The second-order valence-corrected chi connectivity index (χ2v) is 10.2. The first-order valence-corrected chi connectivity index (χ1v) is 11.8. The molecule has 3 aromatic rings. The van der Waals surface area contributed by atoms with Gasteiger partial charge in [0.15, 0.2) is 9.84 Å². The fourth-order valence-electron chi connectivity index (χ4n) is 3.48. The summed E-state index contributed by atoms with van der Waals surface area (Å²) in [6.07, 6.45) is 2.37. The van der Waals surface area contributed by atoms with Gasteiger partial charge in [0.2, 0.25) is 0 Å². The molecule has 2 heterocycles. The van der Waals surface area contributed by atoms with Crippen LogP contribution in [0, 0.1) is 6.92 Å². The maximum absolute atomic E-state index is 12.3. The number of hydrogen-bond acceptors (Lipinski definition) is 6. The summed E-state index contributed by atoms with van der Waals surface area (Å²) in [6.45, 7) is 4.44. The Balaban J connectivity index is 1.66. The molecule has 1 aliphatic rings. The van der Waals surface area contributed by atoms with Crippen LogP contribution in [0.5, 0.6) is 0 Å². The van der Waals surface area contributed by atoms with E-state index in [2.05, 4.69) is 31.2 Å². The van der Waals surface area contributed by atoms with E-state index in [0.717, 1.165) is 45.8 Å². The molecule has 0 saturated carbocycles. The highest BCUT2D eigenvalue weighted by Crippen LogP contribution is 2.36. The zero-order valence-electron chi connectivity index (χ0n) is 16.2. The summed E-state index contributed by atoms with van der Waals surface area (Å²) in [5.41, 5.74) is 4.08. The topological polar surface area (TPSA) is 75.2 Å². The normalized spacial score (nSPS) is 13.4. The van der Waals surface area contributed by atoms with Gasteiger partial charge >= 0.3 is 0 Å². The minimum atomic E-state index is -3.26. The van der Waals surface area contributed by atoms with Crippen LogP contribution in [0.25, 0.3) is 0 Å². The van der Waals surface area contributed by atoms with Crippen molar-refractivity contribution < 1.29 is 8.42 Å². The van der Waals surface area contributed by atoms with Gasteiger partial charge in [0.05, 0.1) is 10.6 Å². The SMILES string of the molecule is CCS(=O)(=O)c1ccc2c(c1)N(c1cc(Nc3cc(C)cc(Br)c3)ncn1)CC2. The highest BCUT2D eigenvalue weighted by molar-refractivity contribution is 9.10. The highest BCUT2D eigenvalue weighted by atomic mass is 79.9. The van der Waals surface area contributed by atoms with Gasteiger partial charge < -0.3 is 10.2 Å². The summed E-state index contributed by atoms with van der Waals surface area (Å²) in [6, 6.07) is 13.3. The molecule has 2 aromatic carbocycles. The van der Waals surface area contributed by atoms with E-state index in [9.17, 15) is 8.42 Å². The van der Waals surface area contributed by atoms with Crippen LogP contribution in [-0.4, -0.2) is 30.7 Å². The van der Waals surface area contributed by atoms with E-state index in [1.807, 2.05) is 42.2 Å². The molecule has 6 nitrogen and oxygen atoms in total. The van der Waals surface area contributed by atoms with Crippen LogP contribution < -0.4 is 10.2 Å². The molecule has 0 bridgehead atoms. The molecule has 0 atom stereocenters. The molecule has 0 amide bonds. The van der Waals surface area contributed by atoms with Crippen molar-refractivity contribution in [3.63, 3.8) is 0 Å². The van der Waals surface area contributed by atoms with Gasteiger partial charge in [-0.05, 0) is 54.8 Å². The zero-order valence-corrected chi connectivity index (χ0v) is 18.6. The largest absolute Gasteiger partial charge is 0.340 e. The van der Waals surface area contributed by atoms with Gasteiger partial charge in [0.1, 0.15) is 18.0 Å². The predicted molar refractivity (Wildman–Crippen MR) is 119 cm³/mol. The zero-order chi connectivity index (χ0) is 20.6. The molecule has 0 saturated heterocycles. The lowest BCUT2D eigenvalue weighted by atomic mass is 10.2. The minimum absolute atomic E-state index is 0.0828. The number of rotatable bonds is 5. The van der Waals surface area contributed by atoms with Crippen LogP contribution in [0.2, 0.25) is 0 Å². The first-order chi connectivity index (χ1) is 13.9. The van der Waals surface area contributed by atoms with Crippen molar-refractivity contribution >= 4 is 48.8 Å². The van der Waals surface area contributed by atoms with E-state index in [1.165, 1.54) is 6.33 Å². The standard InChI is InChI=1S/C21H21BrN4O2S/c1-3-29(27,28)18-5-4-15-6-7-26(19(15)11-18)21-12-20(23-13-24-21)25-17-9-14(2)8-16(22)10-17/h4-5,8-13H,3,6-7H2,1-2H3,(H,23,24,25). The minimum Gasteiger partial charge on any atom is -0.340 e. The van der Waals surface area contributed by atoms with Crippen molar-refractivity contribution in [3.8, 4) is 0 Å². The second-order valence-electron chi connectivity index (χ2n) is 7.00. The maximum Gasteiger partial charge on any atom is 0.178 e. The van der Waals surface area contributed by atoms with E-state index >= 15 is 0 Å². The molecule has 1 N–H and O–H groups in total. The Morgan fingerprint density at radius 3 is 2.72 bits per heavy atom. The van der Waals surface area contributed by atoms with Crippen LogP contribution in [0.15, 0.2) is 58.2 Å². The maximum atomic E-state index is 12.3. The van der Waals surface area contributed by atoms with Gasteiger partial charge in [0.25, 0.3) is 0 Å². The third-order valence-corrected chi connectivity index (χ3v) is 7.13. The van der Waals surface area contributed by atoms with Crippen molar-refractivity contribution in [2.45, 2.75) is 25.2 Å². The van der Waals surface area contributed by atoms with E-state index in [1.54, 1.807) is 19.1 Å². The number of hydrogen-bond donors (Lipinski definition) is 1. The summed E-state index contributed by atoms with van der Waals surface area (Å²) < 4.78 is 25.6. The van der Waals surface area contributed by atoms with Gasteiger partial charge in [-0.1, -0.05) is 28.9 Å². The van der Waals surface area contributed by atoms with Gasteiger partial charge in [0, 0.05) is 28.5 Å². The Bertz CT molecular complexity index is 1160. The fraction of sp³-hybridized carbons (Fsp3) is 0.238. The lowest BCUT2D eigenvalue weighted by molar-refractivity contribution is 0.597. The Morgan fingerprint density at radius 2 is 1.97 bits per heavy atom. The lowest BCUT2D eigenvalue weighted by Gasteiger charge is -2.19. The molecule has 0 radical (unpaired) electrons. The molecule has 8 heteroatoms. The lowest BCUT2D eigenvalue weighted by Crippen LogP contribution is -2.15. The number of benzene rings is 2. The van der Waals surface area contributed by atoms with Crippen molar-refractivity contribution in [1.82, 2.24) is 9.97 Å². The van der Waals surface area contributed by atoms with Crippen LogP contribution >= 0.6 is 15.9 Å². The summed E-state index contributed by atoms with van der Waals surface area (Å²) >= 11 is 3.51. The molecule has 0 aliphatic carbocycles. The molecule has 1 aromatic heterocycles. The number of sulfone groups is 1. The van der Waals surface area contributed by atoms with Gasteiger partial charge in [-0.3, -0.25) is 0 Å². The third-order valence-electron chi connectivity index (χ3n) is 4.94. The number of nitrogens with one attached hydrogen (secondary N) is 1. The summed E-state index contributed by atoms with van der Waals surface area (Å²) in [4.78, 5) is 11.2. The second kappa shape index (κ2) is 7.76. The molecule has 0 spiro atoms. The van der Waals surface area contributed by atoms with Crippen LogP contribution in [-0.2, 0) is 16.3 Å². The number of aromatic nitrogens is 2. The summed E-state index contributed by atoms with van der Waals surface area (Å²) in [5.74, 6) is 1.50. The van der Waals surface area contributed by atoms with Crippen molar-refractivity contribution in [3.05, 3.63) is 64.4 Å². The first-order valence-electron chi connectivity index (χ1n) is 9.35. The van der Waals surface area contributed by atoms with Gasteiger partial charge in [-0.25, -0.2) is 18.4 Å². The Hall–Kier alpha value is -2.45. The van der Waals surface area contributed by atoms with Crippen molar-refractivity contribution in [2.75, 3.05) is 22.5 Å². The number of aryl methyl sites for hydroxylation is 1. The molecule has 29 heavy (non-hydrogen) atoms. The van der Waals surface area contributed by atoms with Crippen molar-refractivity contribution in [2.24, 2.45) is 0 Å². The van der Waals surface area contributed by atoms with E-state index in [0.29, 0.717) is 10.7 Å². The quantitative estimate of drug-likeness (QED) is 0.575. The molecule has 0 fully saturated rings.